The molecular formula is C15H18Cl2N2O4. The lowest BCUT2D eigenvalue weighted by Gasteiger charge is -2.17. The average Bonchev–Trinajstić information content (AvgIpc) is 2.48. The molecule has 0 unspecified atom stereocenters. The second-order valence-electron chi connectivity index (χ2n) is 5.38. The molecule has 1 aromatic rings. The molecule has 0 aliphatic carbocycles. The highest BCUT2D eigenvalue weighted by molar-refractivity contribution is 6.36. The molecule has 6 nitrogen and oxygen atoms in total. The molecule has 0 aliphatic heterocycles. The number of nitrogens with one attached hydrogen (secondary N) is 2. The van der Waals surface area contributed by atoms with Gasteiger partial charge in [-0.15, -0.1) is 0 Å². The lowest BCUT2D eigenvalue weighted by Crippen LogP contribution is -2.49. The van der Waals surface area contributed by atoms with Crippen molar-refractivity contribution in [3.63, 3.8) is 0 Å². The van der Waals surface area contributed by atoms with Crippen molar-refractivity contribution in [3.8, 4) is 0 Å². The summed E-state index contributed by atoms with van der Waals surface area (Å²) in [4.78, 5) is 35.2. The molecule has 0 fully saturated rings. The SMILES string of the molecule is [2H]N(N[C@@H](CC(C)C)C(=O)O)C(=O)CC(=O)c1cc(Cl)ccc1Cl. The fourth-order valence-corrected chi connectivity index (χ4v) is 2.21. The Kier molecular flexibility index (Phi) is 6.83. The van der Waals surface area contributed by atoms with Crippen molar-refractivity contribution in [1.82, 2.24) is 10.8 Å². The summed E-state index contributed by atoms with van der Waals surface area (Å²) in [5, 5.41) is 9.53. The Morgan fingerprint density at radius 3 is 2.52 bits per heavy atom. The van der Waals surface area contributed by atoms with Crippen LogP contribution in [0.5, 0.6) is 0 Å². The topological polar surface area (TPSA) is 95.5 Å². The second kappa shape index (κ2) is 8.86. The van der Waals surface area contributed by atoms with Gasteiger partial charge in [0.15, 0.2) is 7.20 Å². The minimum Gasteiger partial charge on any atom is -0.480 e. The van der Waals surface area contributed by atoms with Gasteiger partial charge in [0.25, 0.3) is 0 Å². The minimum absolute atomic E-state index is 0.0500. The number of benzene rings is 1. The summed E-state index contributed by atoms with van der Waals surface area (Å²) >= 11 is 11.7. The van der Waals surface area contributed by atoms with Gasteiger partial charge in [0, 0.05) is 10.6 Å². The number of amides is 1. The largest absolute Gasteiger partial charge is 0.480 e. The summed E-state index contributed by atoms with van der Waals surface area (Å²) in [6.45, 7) is 3.64. The van der Waals surface area contributed by atoms with Gasteiger partial charge in [0.1, 0.15) is 6.04 Å². The first-order chi connectivity index (χ1) is 11.1. The van der Waals surface area contributed by atoms with E-state index in [0.29, 0.717) is 5.02 Å². The van der Waals surface area contributed by atoms with Crippen LogP contribution in [0.4, 0.5) is 0 Å². The Labute approximate surface area is 145 Å². The van der Waals surface area contributed by atoms with Gasteiger partial charge in [0.05, 0.1) is 11.4 Å². The van der Waals surface area contributed by atoms with Crippen LogP contribution >= 0.6 is 23.2 Å². The molecule has 8 heteroatoms. The van der Waals surface area contributed by atoms with Crippen molar-refractivity contribution in [1.29, 1.82) is 0 Å². The van der Waals surface area contributed by atoms with Crippen LogP contribution < -0.4 is 10.8 Å². The van der Waals surface area contributed by atoms with Crippen molar-refractivity contribution in [2.24, 2.45) is 5.92 Å². The Morgan fingerprint density at radius 2 is 1.96 bits per heavy atom. The number of hydrogen-bond donors (Lipinski definition) is 3. The van der Waals surface area contributed by atoms with E-state index in [1.807, 2.05) is 13.8 Å². The number of carboxylic acid groups (broad SMARTS) is 1. The molecule has 0 saturated heterocycles. The third-order valence-corrected chi connectivity index (χ3v) is 3.46. The van der Waals surface area contributed by atoms with Gasteiger partial charge < -0.3 is 5.11 Å². The number of hydrogen-bond acceptors (Lipinski definition) is 4. The number of halogens is 2. The number of ketones is 1. The van der Waals surface area contributed by atoms with Crippen molar-refractivity contribution < 1.29 is 20.9 Å². The highest BCUT2D eigenvalue weighted by Gasteiger charge is 2.20. The fraction of sp³-hybridized carbons (Fsp3) is 0.400. The Hall–Kier alpha value is -1.63. The first-order valence-corrected chi connectivity index (χ1v) is 7.66. The molecule has 0 aromatic heterocycles. The van der Waals surface area contributed by atoms with Crippen LogP contribution in [0.1, 0.15) is 37.0 Å². The molecule has 0 radical (unpaired) electrons. The van der Waals surface area contributed by atoms with Crippen LogP contribution in [0.2, 0.25) is 11.5 Å². The maximum atomic E-state index is 12.1. The maximum absolute atomic E-state index is 12.1. The molecule has 0 saturated carbocycles. The second-order valence-corrected chi connectivity index (χ2v) is 6.22. The Bertz CT molecular complexity index is 640. The fourth-order valence-electron chi connectivity index (χ4n) is 1.81. The normalized spacial score (nSPS) is 12.7. The highest BCUT2D eigenvalue weighted by Crippen LogP contribution is 2.21. The van der Waals surface area contributed by atoms with Gasteiger partial charge in [-0.2, -0.15) is 0 Å². The number of hydrazine groups is 1. The zero-order valence-corrected chi connectivity index (χ0v) is 14.2. The lowest BCUT2D eigenvalue weighted by atomic mass is 10.0. The summed E-state index contributed by atoms with van der Waals surface area (Å²) in [6, 6.07) is 3.17. The van der Waals surface area contributed by atoms with E-state index in [1.54, 1.807) is 0 Å². The van der Waals surface area contributed by atoms with Crippen molar-refractivity contribution >= 4 is 40.9 Å². The first-order valence-electron chi connectivity index (χ1n) is 7.35. The standard InChI is InChI=1S/C15H18Cl2N2O4/c1-8(2)5-12(15(22)23)18-19-14(21)7-13(20)10-6-9(16)3-4-11(10)17/h3-4,6,8,12,18H,5,7H2,1-2H3,(H,19,21)(H,22,23)/t12-/m0/s1/i/hD. The van der Waals surface area contributed by atoms with Crippen LogP contribution in [0.15, 0.2) is 18.2 Å². The summed E-state index contributed by atoms with van der Waals surface area (Å²) < 4.78 is 7.60. The molecule has 0 aliphatic rings. The van der Waals surface area contributed by atoms with E-state index in [0.717, 1.165) is 0 Å². The molecule has 1 rings (SSSR count). The van der Waals surface area contributed by atoms with E-state index in [-0.39, 0.29) is 28.3 Å². The van der Waals surface area contributed by atoms with Crippen molar-refractivity contribution in [2.75, 3.05) is 0 Å². The number of carboxylic acids is 1. The number of Topliss-reactive ketones (excluding diaryl/α,β-unsaturated/α-hetero) is 1. The van der Waals surface area contributed by atoms with Gasteiger partial charge in [-0.3, -0.25) is 19.8 Å². The van der Waals surface area contributed by atoms with Crippen molar-refractivity contribution in [3.05, 3.63) is 33.8 Å². The summed E-state index contributed by atoms with van der Waals surface area (Å²) in [5.41, 5.74) is 2.62. The predicted molar refractivity (Wildman–Crippen MR) is 87.6 cm³/mol. The zero-order valence-electron chi connectivity index (χ0n) is 13.7. The predicted octanol–water partition coefficient (Wildman–Crippen LogP) is 2.69. The molecule has 126 valence electrons. The van der Waals surface area contributed by atoms with Crippen molar-refractivity contribution in [2.45, 2.75) is 32.7 Å². The van der Waals surface area contributed by atoms with Gasteiger partial charge in [0.2, 0.25) is 5.91 Å². The van der Waals surface area contributed by atoms with Crippen LogP contribution in [-0.4, -0.2) is 28.8 Å². The zero-order chi connectivity index (χ0) is 18.4. The number of carbonyl (C=O) groups is 3. The average molecular weight is 362 g/mol. The van der Waals surface area contributed by atoms with E-state index in [9.17, 15) is 14.4 Å². The van der Waals surface area contributed by atoms with Crippen LogP contribution in [0.3, 0.4) is 0 Å². The lowest BCUT2D eigenvalue weighted by molar-refractivity contribution is -0.140. The quantitative estimate of drug-likeness (QED) is 0.375. The molecule has 23 heavy (non-hydrogen) atoms. The molecule has 0 bridgehead atoms. The third kappa shape index (κ3) is 6.56. The van der Waals surface area contributed by atoms with Gasteiger partial charge in [-0.1, -0.05) is 37.0 Å². The number of carbonyl (C=O) groups excluding carboxylic acids is 2. The molecule has 0 heterocycles. The highest BCUT2D eigenvalue weighted by atomic mass is 35.5. The summed E-state index contributed by atoms with van der Waals surface area (Å²) in [6.07, 6.45) is -0.406. The van der Waals surface area contributed by atoms with Gasteiger partial charge >= 0.3 is 5.97 Å². The number of rotatable bonds is 8. The van der Waals surface area contributed by atoms with Crippen LogP contribution in [-0.2, 0) is 9.59 Å². The maximum Gasteiger partial charge on any atom is 0.322 e. The van der Waals surface area contributed by atoms with Crippen LogP contribution in [0, 0.1) is 5.92 Å². The summed E-state index contributed by atoms with van der Waals surface area (Å²) in [5.74, 6) is -2.64. The van der Waals surface area contributed by atoms with Crippen LogP contribution in [0.25, 0.3) is 0 Å². The third-order valence-electron chi connectivity index (χ3n) is 2.89. The summed E-state index contributed by atoms with van der Waals surface area (Å²) in [7, 11) is 0. The van der Waals surface area contributed by atoms with Gasteiger partial charge in [-0.25, -0.2) is 5.43 Å². The Morgan fingerprint density at radius 1 is 1.30 bits per heavy atom. The number of aliphatic carboxylic acids is 1. The monoisotopic (exact) mass is 361 g/mol. The van der Waals surface area contributed by atoms with E-state index >= 15 is 0 Å². The Balaban J connectivity index is 2.73. The van der Waals surface area contributed by atoms with E-state index in [2.05, 4.69) is 5.43 Å². The molecule has 1 aromatic carbocycles. The molecule has 3 N–H and O–H groups in total. The van der Waals surface area contributed by atoms with Gasteiger partial charge in [-0.05, 0) is 30.5 Å². The smallest absolute Gasteiger partial charge is 0.322 e. The van der Waals surface area contributed by atoms with E-state index in [4.69, 9.17) is 29.7 Å². The first kappa shape index (κ1) is 17.7. The molecular weight excluding hydrogens is 343 g/mol. The van der Waals surface area contributed by atoms with E-state index < -0.39 is 30.1 Å². The molecule has 1 amide bonds. The van der Waals surface area contributed by atoms with E-state index in [1.165, 1.54) is 18.2 Å². The minimum atomic E-state index is -1.18. The molecule has 1 atom stereocenters. The molecule has 0 spiro atoms.